The highest BCUT2D eigenvalue weighted by molar-refractivity contribution is 7.92. The minimum Gasteiger partial charge on any atom is -0.495 e. The number of imidazole rings is 1. The number of hydrogen-bond donors (Lipinski definition) is 1. The molecule has 0 amide bonds. The van der Waals surface area contributed by atoms with Crippen LogP contribution in [0.15, 0.2) is 71.9 Å². The van der Waals surface area contributed by atoms with Gasteiger partial charge in [0.05, 0.1) is 23.4 Å². The first kappa shape index (κ1) is 19.0. The van der Waals surface area contributed by atoms with E-state index >= 15 is 0 Å². The van der Waals surface area contributed by atoms with E-state index in [0.717, 1.165) is 28.0 Å². The van der Waals surface area contributed by atoms with Crippen LogP contribution >= 0.6 is 0 Å². The lowest BCUT2D eigenvalue weighted by molar-refractivity contribution is 0.417. The highest BCUT2D eigenvalue weighted by Gasteiger charge is 2.17. The smallest absolute Gasteiger partial charge is 0.262 e. The number of ether oxygens (including phenoxy) is 1. The Morgan fingerprint density at radius 2 is 1.72 bits per heavy atom. The van der Waals surface area contributed by atoms with Crippen molar-refractivity contribution in [1.82, 2.24) is 9.38 Å². The van der Waals surface area contributed by atoms with E-state index in [4.69, 9.17) is 4.74 Å². The summed E-state index contributed by atoms with van der Waals surface area (Å²) in [4.78, 5) is 4.84. The van der Waals surface area contributed by atoms with Gasteiger partial charge in [0, 0.05) is 18.0 Å². The third kappa shape index (κ3) is 3.82. The zero-order chi connectivity index (χ0) is 20.6. The van der Waals surface area contributed by atoms with Crippen LogP contribution in [0, 0.1) is 13.8 Å². The molecule has 7 heteroatoms. The molecule has 0 aliphatic carbocycles. The fraction of sp³-hybridized carbons (Fsp3) is 0.136. The first-order valence-electron chi connectivity index (χ1n) is 9.09. The largest absolute Gasteiger partial charge is 0.495 e. The number of nitrogens with one attached hydrogen (secondary N) is 1. The molecule has 0 spiro atoms. The van der Waals surface area contributed by atoms with E-state index in [2.05, 4.69) is 9.71 Å². The Balaban J connectivity index is 1.74. The highest BCUT2D eigenvalue weighted by Crippen LogP contribution is 2.32. The van der Waals surface area contributed by atoms with Crippen LogP contribution in [0.1, 0.15) is 11.1 Å². The van der Waals surface area contributed by atoms with Crippen LogP contribution in [0.4, 0.5) is 5.69 Å². The molecule has 0 saturated carbocycles. The summed E-state index contributed by atoms with van der Waals surface area (Å²) in [5, 5.41) is 0. The maximum atomic E-state index is 12.8. The molecular formula is C22H21N3O3S. The van der Waals surface area contributed by atoms with Crippen molar-refractivity contribution in [1.29, 1.82) is 0 Å². The molecule has 0 bridgehead atoms. The summed E-state index contributed by atoms with van der Waals surface area (Å²) in [6.45, 7) is 3.92. The fourth-order valence-electron chi connectivity index (χ4n) is 3.09. The topological polar surface area (TPSA) is 72.7 Å². The van der Waals surface area contributed by atoms with Gasteiger partial charge in [-0.3, -0.25) is 4.72 Å². The molecule has 0 aliphatic rings. The van der Waals surface area contributed by atoms with Gasteiger partial charge in [-0.15, -0.1) is 0 Å². The minimum absolute atomic E-state index is 0.193. The Labute approximate surface area is 169 Å². The molecule has 4 aromatic rings. The van der Waals surface area contributed by atoms with Crippen molar-refractivity contribution in [3.8, 4) is 17.0 Å². The maximum absolute atomic E-state index is 12.8. The summed E-state index contributed by atoms with van der Waals surface area (Å²) in [7, 11) is -2.24. The van der Waals surface area contributed by atoms with Crippen LogP contribution in [-0.4, -0.2) is 24.9 Å². The number of anilines is 1. The zero-order valence-electron chi connectivity index (χ0n) is 16.4. The van der Waals surface area contributed by atoms with Gasteiger partial charge in [-0.2, -0.15) is 0 Å². The molecule has 0 fully saturated rings. The molecule has 0 atom stereocenters. The van der Waals surface area contributed by atoms with Crippen molar-refractivity contribution in [2.24, 2.45) is 0 Å². The lowest BCUT2D eigenvalue weighted by Crippen LogP contribution is -2.13. The first-order valence-corrected chi connectivity index (χ1v) is 10.6. The Hall–Kier alpha value is -3.32. The first-order chi connectivity index (χ1) is 13.9. The Bertz CT molecular complexity index is 1290. The number of sulfonamides is 1. The Morgan fingerprint density at radius 3 is 2.45 bits per heavy atom. The molecule has 29 heavy (non-hydrogen) atoms. The van der Waals surface area contributed by atoms with Crippen molar-refractivity contribution < 1.29 is 13.2 Å². The van der Waals surface area contributed by atoms with Crippen molar-refractivity contribution in [2.45, 2.75) is 18.7 Å². The van der Waals surface area contributed by atoms with Gasteiger partial charge in [0.1, 0.15) is 11.4 Å². The van der Waals surface area contributed by atoms with E-state index in [1.54, 1.807) is 36.4 Å². The van der Waals surface area contributed by atoms with E-state index in [1.165, 1.54) is 7.11 Å². The second-order valence-electron chi connectivity index (χ2n) is 6.93. The van der Waals surface area contributed by atoms with Gasteiger partial charge in [0.2, 0.25) is 0 Å². The number of methoxy groups -OCH3 is 1. The average molecular weight is 407 g/mol. The lowest BCUT2D eigenvalue weighted by Gasteiger charge is -2.13. The van der Waals surface area contributed by atoms with Crippen LogP contribution in [-0.2, 0) is 10.0 Å². The second kappa shape index (κ2) is 7.25. The molecule has 148 valence electrons. The number of fused-ring (bicyclic) bond motifs is 1. The fourth-order valence-corrected chi connectivity index (χ4v) is 4.15. The third-order valence-corrected chi connectivity index (χ3v) is 6.07. The summed E-state index contributed by atoms with van der Waals surface area (Å²) in [6.07, 6.45) is 3.86. The summed E-state index contributed by atoms with van der Waals surface area (Å²) >= 11 is 0. The van der Waals surface area contributed by atoms with Gasteiger partial charge in [0.15, 0.2) is 0 Å². The van der Waals surface area contributed by atoms with Gasteiger partial charge in [-0.25, -0.2) is 13.4 Å². The lowest BCUT2D eigenvalue weighted by atomic mass is 10.1. The van der Waals surface area contributed by atoms with Gasteiger partial charge >= 0.3 is 0 Å². The van der Waals surface area contributed by atoms with Crippen LogP contribution < -0.4 is 9.46 Å². The number of benzene rings is 2. The van der Waals surface area contributed by atoms with Crippen molar-refractivity contribution >= 4 is 21.4 Å². The quantitative estimate of drug-likeness (QED) is 0.531. The van der Waals surface area contributed by atoms with Crippen molar-refractivity contribution in [3.05, 3.63) is 78.1 Å². The molecule has 0 aliphatic heterocycles. The molecule has 2 aromatic heterocycles. The molecule has 0 saturated heterocycles. The summed E-state index contributed by atoms with van der Waals surface area (Å²) in [6, 6.07) is 16.0. The second-order valence-corrected chi connectivity index (χ2v) is 8.61. The molecule has 0 unspecified atom stereocenters. The number of nitrogens with zero attached hydrogens (tertiary/aromatic N) is 2. The molecule has 1 N–H and O–H groups in total. The van der Waals surface area contributed by atoms with Crippen LogP contribution in [0.25, 0.3) is 16.9 Å². The van der Waals surface area contributed by atoms with E-state index < -0.39 is 10.0 Å². The molecule has 6 nitrogen and oxygen atoms in total. The maximum Gasteiger partial charge on any atom is 0.262 e. The van der Waals surface area contributed by atoms with E-state index in [1.807, 2.05) is 48.8 Å². The Morgan fingerprint density at radius 1 is 0.966 bits per heavy atom. The zero-order valence-corrected chi connectivity index (χ0v) is 17.2. The number of pyridine rings is 1. The molecule has 2 aromatic carbocycles. The summed E-state index contributed by atoms with van der Waals surface area (Å²) < 4.78 is 35.6. The highest BCUT2D eigenvalue weighted by atomic mass is 32.2. The van der Waals surface area contributed by atoms with Gasteiger partial charge in [-0.1, -0.05) is 17.7 Å². The number of aromatic nitrogens is 2. The number of aryl methyl sites for hydroxylation is 2. The minimum atomic E-state index is -3.75. The number of rotatable bonds is 5. The van der Waals surface area contributed by atoms with Gasteiger partial charge < -0.3 is 9.14 Å². The third-order valence-electron chi connectivity index (χ3n) is 4.69. The standard InChI is InChI=1S/C22H21N3O3S/c1-15-4-7-18(8-5-15)29(26,27)24-19-13-17(6-9-21(19)28-3)20-14-25-11-10-16(2)12-22(25)23-20/h4-14,24H,1-3H3. The summed E-state index contributed by atoms with van der Waals surface area (Å²) in [5.41, 5.74) is 4.83. The SMILES string of the molecule is COc1ccc(-c2cn3ccc(C)cc3n2)cc1NS(=O)(=O)c1ccc(C)cc1. The van der Waals surface area contributed by atoms with Crippen LogP contribution in [0.3, 0.4) is 0 Å². The monoisotopic (exact) mass is 407 g/mol. The van der Waals surface area contributed by atoms with E-state index in [-0.39, 0.29) is 4.90 Å². The van der Waals surface area contributed by atoms with E-state index in [9.17, 15) is 8.42 Å². The molecule has 0 radical (unpaired) electrons. The normalized spacial score (nSPS) is 11.6. The van der Waals surface area contributed by atoms with Crippen LogP contribution in [0.2, 0.25) is 0 Å². The van der Waals surface area contributed by atoms with Gasteiger partial charge in [0.25, 0.3) is 10.0 Å². The average Bonchev–Trinajstić information content (AvgIpc) is 3.11. The van der Waals surface area contributed by atoms with Crippen molar-refractivity contribution in [2.75, 3.05) is 11.8 Å². The van der Waals surface area contributed by atoms with Crippen molar-refractivity contribution in [3.63, 3.8) is 0 Å². The molecular weight excluding hydrogens is 386 g/mol. The van der Waals surface area contributed by atoms with E-state index in [0.29, 0.717) is 11.4 Å². The summed E-state index contributed by atoms with van der Waals surface area (Å²) in [5.74, 6) is 0.434. The number of hydrogen-bond acceptors (Lipinski definition) is 4. The Kier molecular flexibility index (Phi) is 4.76. The predicted octanol–water partition coefficient (Wildman–Crippen LogP) is 4.43. The molecule has 4 rings (SSSR count). The van der Waals surface area contributed by atoms with Gasteiger partial charge in [-0.05, 0) is 61.9 Å². The predicted molar refractivity (Wildman–Crippen MR) is 114 cm³/mol. The molecule has 2 heterocycles. The van der Waals surface area contributed by atoms with Crippen LogP contribution in [0.5, 0.6) is 5.75 Å².